The lowest BCUT2D eigenvalue weighted by atomic mass is 9.99. The molecule has 22 heavy (non-hydrogen) atoms. The molecule has 0 bridgehead atoms. The van der Waals surface area contributed by atoms with Crippen LogP contribution < -0.4 is 0 Å². The van der Waals surface area contributed by atoms with Crippen LogP contribution in [0, 0.1) is 0 Å². The van der Waals surface area contributed by atoms with Gasteiger partial charge in [-0.3, -0.25) is 4.98 Å². The summed E-state index contributed by atoms with van der Waals surface area (Å²) in [5.74, 6) is 0. The molecular weight excluding hydrogens is 338 g/mol. The molecule has 110 valence electrons. The third kappa shape index (κ3) is 3.11. The maximum Gasteiger partial charge on any atom is 0.109 e. The van der Waals surface area contributed by atoms with Gasteiger partial charge in [0.25, 0.3) is 0 Å². The Morgan fingerprint density at radius 3 is 2.32 bits per heavy atom. The Morgan fingerprint density at radius 2 is 1.68 bits per heavy atom. The summed E-state index contributed by atoms with van der Waals surface area (Å²) in [5.41, 5.74) is 4.53. The number of aromatic nitrogens is 1. The third-order valence-electron chi connectivity index (χ3n) is 3.62. The van der Waals surface area contributed by atoms with Crippen molar-refractivity contribution in [1.29, 1.82) is 0 Å². The van der Waals surface area contributed by atoms with Crippen LogP contribution in [0.3, 0.4) is 0 Å². The summed E-state index contributed by atoms with van der Waals surface area (Å²) < 4.78 is 6.74. The van der Waals surface area contributed by atoms with Gasteiger partial charge in [0.15, 0.2) is 0 Å². The van der Waals surface area contributed by atoms with E-state index in [9.17, 15) is 0 Å². The van der Waals surface area contributed by atoms with E-state index < -0.39 is 0 Å². The van der Waals surface area contributed by atoms with Crippen molar-refractivity contribution in [2.45, 2.75) is 6.10 Å². The van der Waals surface area contributed by atoms with Gasteiger partial charge in [-0.25, -0.2) is 0 Å². The van der Waals surface area contributed by atoms with Gasteiger partial charge in [0.2, 0.25) is 0 Å². The van der Waals surface area contributed by atoms with Crippen molar-refractivity contribution >= 4 is 15.9 Å². The Balaban J connectivity index is 1.92. The summed E-state index contributed by atoms with van der Waals surface area (Å²) in [6, 6.07) is 20.6. The van der Waals surface area contributed by atoms with Gasteiger partial charge in [-0.1, -0.05) is 64.5 Å². The molecule has 0 amide bonds. The number of ether oxygens (including phenoxy) is 1. The highest BCUT2D eigenvalue weighted by atomic mass is 79.9. The molecule has 3 heteroatoms. The SMILES string of the molecule is COC(c1ccc(-c2ccccc2Br)cc1)c1cccnc1. The van der Waals surface area contributed by atoms with Gasteiger partial charge in [0, 0.05) is 29.5 Å². The van der Waals surface area contributed by atoms with E-state index >= 15 is 0 Å². The fourth-order valence-electron chi connectivity index (χ4n) is 2.53. The zero-order valence-corrected chi connectivity index (χ0v) is 13.8. The molecule has 1 aromatic heterocycles. The monoisotopic (exact) mass is 353 g/mol. The molecule has 0 fully saturated rings. The number of benzene rings is 2. The Bertz CT molecular complexity index is 741. The lowest BCUT2D eigenvalue weighted by Gasteiger charge is -2.16. The van der Waals surface area contributed by atoms with Crippen molar-refractivity contribution in [1.82, 2.24) is 4.98 Å². The topological polar surface area (TPSA) is 22.1 Å². The minimum absolute atomic E-state index is 0.0954. The predicted octanol–water partition coefficient (Wildman–Crippen LogP) is 5.25. The second kappa shape index (κ2) is 6.86. The molecule has 0 aliphatic heterocycles. The molecule has 0 saturated carbocycles. The molecule has 1 atom stereocenters. The molecule has 3 aromatic rings. The molecule has 0 radical (unpaired) electrons. The van der Waals surface area contributed by atoms with E-state index in [1.54, 1.807) is 13.3 Å². The highest BCUT2D eigenvalue weighted by Gasteiger charge is 2.13. The minimum atomic E-state index is -0.0954. The number of hydrogen-bond acceptors (Lipinski definition) is 2. The summed E-state index contributed by atoms with van der Waals surface area (Å²) >= 11 is 3.60. The Morgan fingerprint density at radius 1 is 0.909 bits per heavy atom. The lowest BCUT2D eigenvalue weighted by Crippen LogP contribution is -2.03. The molecule has 0 saturated heterocycles. The van der Waals surface area contributed by atoms with E-state index in [0.29, 0.717) is 0 Å². The Kier molecular flexibility index (Phi) is 4.66. The van der Waals surface area contributed by atoms with Gasteiger partial charge >= 0.3 is 0 Å². The van der Waals surface area contributed by atoms with Crippen LogP contribution in [0.15, 0.2) is 77.5 Å². The number of hydrogen-bond donors (Lipinski definition) is 0. The molecule has 0 spiro atoms. The zero-order valence-electron chi connectivity index (χ0n) is 12.2. The number of methoxy groups -OCH3 is 1. The zero-order chi connectivity index (χ0) is 15.4. The molecule has 1 unspecified atom stereocenters. The summed E-state index contributed by atoms with van der Waals surface area (Å²) in [4.78, 5) is 4.17. The van der Waals surface area contributed by atoms with Crippen LogP contribution in [-0.4, -0.2) is 12.1 Å². The normalized spacial score (nSPS) is 12.1. The molecule has 2 aromatic carbocycles. The molecule has 2 nitrogen and oxygen atoms in total. The van der Waals surface area contributed by atoms with Crippen molar-refractivity contribution in [3.8, 4) is 11.1 Å². The van der Waals surface area contributed by atoms with Crippen LogP contribution in [0.1, 0.15) is 17.2 Å². The first-order valence-corrected chi connectivity index (χ1v) is 7.86. The summed E-state index contributed by atoms with van der Waals surface area (Å²) in [6.07, 6.45) is 3.52. The highest BCUT2D eigenvalue weighted by molar-refractivity contribution is 9.10. The van der Waals surface area contributed by atoms with Gasteiger partial charge in [-0.2, -0.15) is 0 Å². The fraction of sp³-hybridized carbons (Fsp3) is 0.105. The number of rotatable bonds is 4. The summed E-state index contributed by atoms with van der Waals surface area (Å²) in [6.45, 7) is 0. The van der Waals surface area contributed by atoms with E-state index in [1.807, 2.05) is 30.5 Å². The highest BCUT2D eigenvalue weighted by Crippen LogP contribution is 2.30. The molecule has 0 aliphatic carbocycles. The third-order valence-corrected chi connectivity index (χ3v) is 4.31. The van der Waals surface area contributed by atoms with Crippen molar-refractivity contribution in [3.63, 3.8) is 0 Å². The molecule has 0 N–H and O–H groups in total. The Hall–Kier alpha value is -1.97. The average molecular weight is 354 g/mol. The van der Waals surface area contributed by atoms with Crippen molar-refractivity contribution in [2.75, 3.05) is 7.11 Å². The first-order valence-electron chi connectivity index (χ1n) is 7.07. The van der Waals surface area contributed by atoms with E-state index in [0.717, 1.165) is 15.6 Å². The van der Waals surface area contributed by atoms with E-state index in [-0.39, 0.29) is 6.10 Å². The second-order valence-corrected chi connectivity index (χ2v) is 5.86. The van der Waals surface area contributed by atoms with Crippen LogP contribution in [0.25, 0.3) is 11.1 Å². The lowest BCUT2D eigenvalue weighted by molar-refractivity contribution is 0.136. The van der Waals surface area contributed by atoms with Crippen LogP contribution in [0.2, 0.25) is 0 Å². The minimum Gasteiger partial charge on any atom is -0.372 e. The van der Waals surface area contributed by atoms with Crippen LogP contribution in [-0.2, 0) is 4.74 Å². The van der Waals surface area contributed by atoms with Crippen molar-refractivity contribution in [2.24, 2.45) is 0 Å². The van der Waals surface area contributed by atoms with Crippen LogP contribution in [0.4, 0.5) is 0 Å². The second-order valence-electron chi connectivity index (χ2n) is 5.00. The fourth-order valence-corrected chi connectivity index (χ4v) is 3.04. The molecular formula is C19H16BrNO. The smallest absolute Gasteiger partial charge is 0.109 e. The van der Waals surface area contributed by atoms with Gasteiger partial charge in [-0.15, -0.1) is 0 Å². The maximum absolute atomic E-state index is 5.64. The first-order chi connectivity index (χ1) is 10.8. The number of halogens is 1. The van der Waals surface area contributed by atoms with Crippen LogP contribution in [0.5, 0.6) is 0 Å². The standard InChI is InChI=1S/C19H16BrNO/c1-22-19(16-5-4-12-21-13-16)15-10-8-14(9-11-15)17-6-2-3-7-18(17)20/h2-13,19H,1H3. The van der Waals surface area contributed by atoms with Gasteiger partial charge in [0.05, 0.1) is 0 Å². The van der Waals surface area contributed by atoms with Crippen molar-refractivity contribution < 1.29 is 4.74 Å². The van der Waals surface area contributed by atoms with E-state index in [4.69, 9.17) is 4.74 Å². The largest absolute Gasteiger partial charge is 0.372 e. The van der Waals surface area contributed by atoms with Gasteiger partial charge in [0.1, 0.15) is 6.10 Å². The quantitative estimate of drug-likeness (QED) is 0.639. The van der Waals surface area contributed by atoms with E-state index in [2.05, 4.69) is 57.3 Å². The first kappa shape index (κ1) is 14.9. The summed E-state index contributed by atoms with van der Waals surface area (Å²) in [5, 5.41) is 0. The van der Waals surface area contributed by atoms with E-state index in [1.165, 1.54) is 11.1 Å². The Labute approximate surface area is 138 Å². The van der Waals surface area contributed by atoms with Crippen LogP contribution >= 0.6 is 15.9 Å². The molecule has 0 aliphatic rings. The molecule has 3 rings (SSSR count). The predicted molar refractivity (Wildman–Crippen MR) is 92.7 cm³/mol. The maximum atomic E-state index is 5.64. The summed E-state index contributed by atoms with van der Waals surface area (Å²) in [7, 11) is 1.72. The number of nitrogens with zero attached hydrogens (tertiary/aromatic N) is 1. The number of pyridine rings is 1. The average Bonchev–Trinajstić information content (AvgIpc) is 2.58. The molecule has 1 heterocycles. The van der Waals surface area contributed by atoms with Gasteiger partial charge < -0.3 is 4.74 Å². The van der Waals surface area contributed by atoms with Gasteiger partial charge in [-0.05, 0) is 28.8 Å². The van der Waals surface area contributed by atoms with Crippen molar-refractivity contribution in [3.05, 3.63) is 88.7 Å².